The van der Waals surface area contributed by atoms with E-state index in [4.69, 9.17) is 4.74 Å². The monoisotopic (exact) mass is 284 g/mol. The molecule has 2 N–H and O–H groups in total. The number of urea groups is 1. The van der Waals surface area contributed by atoms with Crippen LogP contribution in [0.3, 0.4) is 0 Å². The molecule has 6 nitrogen and oxygen atoms in total. The maximum atomic E-state index is 12.2. The summed E-state index contributed by atoms with van der Waals surface area (Å²) in [7, 11) is 1.75. The minimum Gasteiger partial charge on any atom is -0.481 e. The van der Waals surface area contributed by atoms with Crippen LogP contribution in [0.5, 0.6) is 0 Å². The topological polar surface area (TPSA) is 78.9 Å². The van der Waals surface area contributed by atoms with Crippen molar-refractivity contribution in [1.29, 1.82) is 0 Å². The van der Waals surface area contributed by atoms with Gasteiger partial charge in [-0.2, -0.15) is 0 Å². The second-order valence-electron chi connectivity index (χ2n) is 5.77. The van der Waals surface area contributed by atoms with Crippen LogP contribution in [0.25, 0.3) is 0 Å². The minimum atomic E-state index is -0.802. The van der Waals surface area contributed by atoms with Gasteiger partial charge in [-0.05, 0) is 19.3 Å². The summed E-state index contributed by atoms with van der Waals surface area (Å²) in [5, 5.41) is 12.2. The molecule has 114 valence electrons. The predicted molar refractivity (Wildman–Crippen MR) is 73.5 cm³/mol. The number of carbonyl (C=O) groups is 2. The van der Waals surface area contributed by atoms with Crippen LogP contribution in [0.1, 0.15) is 38.5 Å². The zero-order valence-electron chi connectivity index (χ0n) is 12.0. The average Bonchev–Trinajstić information content (AvgIpc) is 2.85. The minimum absolute atomic E-state index is 0.101. The lowest BCUT2D eigenvalue weighted by atomic mass is 9.95. The van der Waals surface area contributed by atoms with Gasteiger partial charge in [-0.1, -0.05) is 19.3 Å². The highest BCUT2D eigenvalue weighted by Gasteiger charge is 2.32. The van der Waals surface area contributed by atoms with Crippen molar-refractivity contribution in [2.75, 3.05) is 20.3 Å². The van der Waals surface area contributed by atoms with Crippen LogP contribution in [0.15, 0.2) is 0 Å². The van der Waals surface area contributed by atoms with E-state index in [1.54, 1.807) is 11.9 Å². The first-order chi connectivity index (χ1) is 9.59. The Balaban J connectivity index is 1.94. The number of aliphatic carboxylic acids is 1. The fraction of sp³-hybridized carbons (Fsp3) is 0.857. The molecule has 1 heterocycles. The van der Waals surface area contributed by atoms with Crippen molar-refractivity contribution in [3.63, 3.8) is 0 Å². The average molecular weight is 284 g/mol. The van der Waals surface area contributed by atoms with Gasteiger partial charge in [0.1, 0.15) is 0 Å². The number of amides is 2. The van der Waals surface area contributed by atoms with Crippen LogP contribution in [0.4, 0.5) is 4.79 Å². The SMILES string of the molecule is CN(C(=O)NC1CCCCCC1C(=O)O)C1CCOC1. The van der Waals surface area contributed by atoms with Gasteiger partial charge in [-0.3, -0.25) is 4.79 Å². The molecule has 0 radical (unpaired) electrons. The molecule has 1 saturated heterocycles. The molecule has 2 rings (SSSR count). The molecule has 3 unspecified atom stereocenters. The van der Waals surface area contributed by atoms with Crippen LogP contribution in [-0.2, 0) is 9.53 Å². The molecule has 1 aliphatic heterocycles. The summed E-state index contributed by atoms with van der Waals surface area (Å²) in [4.78, 5) is 25.2. The summed E-state index contributed by atoms with van der Waals surface area (Å²) >= 11 is 0. The molecule has 2 amide bonds. The highest BCUT2D eigenvalue weighted by atomic mass is 16.5. The van der Waals surface area contributed by atoms with Crippen molar-refractivity contribution in [2.45, 2.75) is 50.6 Å². The predicted octanol–water partition coefficient (Wildman–Crippen LogP) is 1.45. The first-order valence-electron chi connectivity index (χ1n) is 7.43. The molecule has 0 aromatic heterocycles. The highest BCUT2D eigenvalue weighted by molar-refractivity contribution is 5.77. The van der Waals surface area contributed by atoms with Gasteiger partial charge >= 0.3 is 12.0 Å². The van der Waals surface area contributed by atoms with Gasteiger partial charge in [-0.15, -0.1) is 0 Å². The number of nitrogens with zero attached hydrogens (tertiary/aromatic N) is 1. The molecule has 3 atom stereocenters. The fourth-order valence-electron chi connectivity index (χ4n) is 3.03. The van der Waals surface area contributed by atoms with Gasteiger partial charge in [0.25, 0.3) is 0 Å². The van der Waals surface area contributed by atoms with Crippen LogP contribution < -0.4 is 5.32 Å². The Hall–Kier alpha value is -1.30. The normalized spacial score (nSPS) is 30.6. The van der Waals surface area contributed by atoms with Gasteiger partial charge < -0.3 is 20.1 Å². The Labute approximate surface area is 119 Å². The summed E-state index contributed by atoms with van der Waals surface area (Å²) in [5.41, 5.74) is 0. The third kappa shape index (κ3) is 3.62. The largest absolute Gasteiger partial charge is 0.481 e. The summed E-state index contributed by atoms with van der Waals surface area (Å²) in [6.45, 7) is 1.25. The highest BCUT2D eigenvalue weighted by Crippen LogP contribution is 2.24. The Kier molecular flexibility index (Phi) is 5.23. The summed E-state index contributed by atoms with van der Waals surface area (Å²) in [6.07, 6.45) is 5.19. The van der Waals surface area contributed by atoms with Crippen LogP contribution >= 0.6 is 0 Å². The van der Waals surface area contributed by atoms with Crippen molar-refractivity contribution >= 4 is 12.0 Å². The number of ether oxygens (including phenoxy) is 1. The maximum absolute atomic E-state index is 12.2. The number of carboxylic acid groups (broad SMARTS) is 1. The van der Waals surface area contributed by atoms with E-state index in [9.17, 15) is 14.7 Å². The lowest BCUT2D eigenvalue weighted by Crippen LogP contribution is -2.50. The third-order valence-corrected chi connectivity index (χ3v) is 4.42. The molecule has 1 saturated carbocycles. The third-order valence-electron chi connectivity index (χ3n) is 4.42. The number of hydrogen-bond acceptors (Lipinski definition) is 3. The van der Waals surface area contributed by atoms with Gasteiger partial charge in [0.2, 0.25) is 0 Å². The van der Waals surface area contributed by atoms with E-state index in [1.165, 1.54) is 0 Å². The van der Waals surface area contributed by atoms with Gasteiger partial charge in [0.05, 0.1) is 18.6 Å². The number of rotatable bonds is 3. The van der Waals surface area contributed by atoms with Crippen molar-refractivity contribution in [3.8, 4) is 0 Å². The lowest BCUT2D eigenvalue weighted by Gasteiger charge is -2.28. The van der Waals surface area contributed by atoms with E-state index in [-0.39, 0.29) is 18.1 Å². The summed E-state index contributed by atoms with van der Waals surface area (Å²) in [5.74, 6) is -1.27. The van der Waals surface area contributed by atoms with Crippen molar-refractivity contribution < 1.29 is 19.4 Å². The first-order valence-corrected chi connectivity index (χ1v) is 7.43. The smallest absolute Gasteiger partial charge is 0.317 e. The summed E-state index contributed by atoms with van der Waals surface area (Å²) < 4.78 is 5.28. The second-order valence-corrected chi connectivity index (χ2v) is 5.77. The number of likely N-dealkylation sites (N-methyl/N-ethyl adjacent to an activating group) is 1. The number of carboxylic acids is 1. The molecular formula is C14H24N2O4. The molecule has 0 spiro atoms. The number of nitrogens with one attached hydrogen (secondary N) is 1. The van der Waals surface area contributed by atoms with E-state index in [2.05, 4.69) is 5.32 Å². The molecule has 2 fully saturated rings. The Morgan fingerprint density at radius 1 is 1.20 bits per heavy atom. The van der Waals surface area contributed by atoms with E-state index in [0.29, 0.717) is 19.6 Å². The quantitative estimate of drug-likeness (QED) is 0.769. The standard InChI is InChI=1S/C14H24N2O4/c1-16(10-7-8-20-9-10)14(19)15-12-6-4-2-3-5-11(12)13(17)18/h10-12H,2-9H2,1H3,(H,15,19)(H,17,18). The molecule has 1 aliphatic carbocycles. The molecule has 0 aromatic rings. The zero-order chi connectivity index (χ0) is 14.5. The molecule has 20 heavy (non-hydrogen) atoms. The molecule has 0 bridgehead atoms. The maximum Gasteiger partial charge on any atom is 0.317 e. The number of carbonyl (C=O) groups excluding carboxylic acids is 1. The second kappa shape index (κ2) is 6.92. The molecule has 0 aromatic carbocycles. The van der Waals surface area contributed by atoms with E-state index in [0.717, 1.165) is 32.1 Å². The van der Waals surface area contributed by atoms with Crippen LogP contribution in [0.2, 0.25) is 0 Å². The van der Waals surface area contributed by atoms with Crippen LogP contribution in [0, 0.1) is 5.92 Å². The first kappa shape index (κ1) is 15.1. The van der Waals surface area contributed by atoms with Crippen LogP contribution in [-0.4, -0.2) is 54.4 Å². The van der Waals surface area contributed by atoms with E-state index < -0.39 is 11.9 Å². The van der Waals surface area contributed by atoms with Gasteiger partial charge in [0.15, 0.2) is 0 Å². The lowest BCUT2D eigenvalue weighted by molar-refractivity contribution is -0.142. The molecule has 6 heteroatoms. The Morgan fingerprint density at radius 3 is 2.60 bits per heavy atom. The number of hydrogen-bond donors (Lipinski definition) is 2. The van der Waals surface area contributed by atoms with Crippen molar-refractivity contribution in [3.05, 3.63) is 0 Å². The molecule has 2 aliphatic rings. The van der Waals surface area contributed by atoms with Crippen molar-refractivity contribution in [2.24, 2.45) is 5.92 Å². The van der Waals surface area contributed by atoms with Gasteiger partial charge in [-0.25, -0.2) is 4.79 Å². The van der Waals surface area contributed by atoms with E-state index >= 15 is 0 Å². The van der Waals surface area contributed by atoms with Crippen molar-refractivity contribution in [1.82, 2.24) is 10.2 Å². The molecular weight excluding hydrogens is 260 g/mol. The Morgan fingerprint density at radius 2 is 1.95 bits per heavy atom. The van der Waals surface area contributed by atoms with E-state index in [1.807, 2.05) is 0 Å². The summed E-state index contributed by atoms with van der Waals surface area (Å²) in [6, 6.07) is -0.338. The zero-order valence-corrected chi connectivity index (χ0v) is 12.0. The Bertz CT molecular complexity index is 355. The van der Waals surface area contributed by atoms with Gasteiger partial charge in [0, 0.05) is 19.7 Å². The fourth-order valence-corrected chi connectivity index (χ4v) is 3.03.